The van der Waals surface area contributed by atoms with E-state index in [9.17, 15) is 9.18 Å². The summed E-state index contributed by atoms with van der Waals surface area (Å²) in [5.41, 5.74) is 1.01. The highest BCUT2D eigenvalue weighted by molar-refractivity contribution is 8.01. The zero-order chi connectivity index (χ0) is 13.8. The number of rotatable bonds is 5. The predicted molar refractivity (Wildman–Crippen MR) is 75.2 cm³/mol. The molecule has 1 heterocycles. The molecular formula is C14H20FN2OS+. The van der Waals surface area contributed by atoms with Crippen LogP contribution in [0.4, 0.5) is 4.39 Å². The fourth-order valence-corrected chi connectivity index (χ4v) is 3.67. The molecule has 0 unspecified atom stereocenters. The third-order valence-electron chi connectivity index (χ3n) is 3.32. The van der Waals surface area contributed by atoms with Gasteiger partial charge in [-0.1, -0.05) is 19.1 Å². The standard InChI is InChI=1S/C14H19FN2OS/c1-3-12-13(18)17(9-8-16-2)14(19-12)10-4-6-11(15)7-5-10/h4-7,12,14,16H,3,8-9H2,1-2H3/p+1/t12-,14+/m0/s1. The summed E-state index contributed by atoms with van der Waals surface area (Å²) in [7, 11) is 2.00. The maximum Gasteiger partial charge on any atom is 0.237 e. The second kappa shape index (κ2) is 6.39. The van der Waals surface area contributed by atoms with Gasteiger partial charge in [-0.05, 0) is 24.1 Å². The van der Waals surface area contributed by atoms with Crippen molar-refractivity contribution in [1.82, 2.24) is 4.90 Å². The van der Waals surface area contributed by atoms with Crippen molar-refractivity contribution in [3.8, 4) is 0 Å². The van der Waals surface area contributed by atoms with Crippen molar-refractivity contribution in [3.63, 3.8) is 0 Å². The molecule has 2 atom stereocenters. The van der Waals surface area contributed by atoms with E-state index in [0.29, 0.717) is 0 Å². The first kappa shape index (κ1) is 14.3. The Hall–Kier alpha value is -1.07. The van der Waals surface area contributed by atoms with E-state index < -0.39 is 0 Å². The van der Waals surface area contributed by atoms with Gasteiger partial charge in [-0.2, -0.15) is 0 Å². The molecule has 0 spiro atoms. The normalized spacial score (nSPS) is 23.1. The van der Waals surface area contributed by atoms with Crippen molar-refractivity contribution < 1.29 is 14.5 Å². The number of carbonyl (C=O) groups is 1. The monoisotopic (exact) mass is 283 g/mol. The molecule has 104 valence electrons. The van der Waals surface area contributed by atoms with Gasteiger partial charge in [0.25, 0.3) is 0 Å². The first-order valence-corrected chi connectivity index (χ1v) is 7.61. The van der Waals surface area contributed by atoms with E-state index in [1.807, 2.05) is 18.9 Å². The topological polar surface area (TPSA) is 36.9 Å². The molecule has 1 saturated heterocycles. The summed E-state index contributed by atoms with van der Waals surface area (Å²) < 4.78 is 13.0. The average molecular weight is 283 g/mol. The third kappa shape index (κ3) is 3.09. The number of halogens is 1. The van der Waals surface area contributed by atoms with Gasteiger partial charge in [0.05, 0.1) is 25.4 Å². The van der Waals surface area contributed by atoms with Crippen LogP contribution in [0.5, 0.6) is 0 Å². The summed E-state index contributed by atoms with van der Waals surface area (Å²) in [4.78, 5) is 14.2. The molecule has 2 rings (SSSR count). The van der Waals surface area contributed by atoms with Gasteiger partial charge in [0.2, 0.25) is 5.91 Å². The van der Waals surface area contributed by atoms with Crippen molar-refractivity contribution in [1.29, 1.82) is 0 Å². The molecule has 0 aromatic heterocycles. The highest BCUT2D eigenvalue weighted by Gasteiger charge is 2.39. The largest absolute Gasteiger partial charge is 0.347 e. The molecule has 1 aliphatic heterocycles. The van der Waals surface area contributed by atoms with Gasteiger partial charge in [0.1, 0.15) is 11.2 Å². The molecule has 0 saturated carbocycles. The van der Waals surface area contributed by atoms with Crippen LogP contribution >= 0.6 is 11.8 Å². The molecule has 1 amide bonds. The van der Waals surface area contributed by atoms with Crippen molar-refractivity contribution in [2.45, 2.75) is 24.0 Å². The lowest BCUT2D eigenvalue weighted by Gasteiger charge is -2.23. The Bertz CT molecular complexity index is 438. The van der Waals surface area contributed by atoms with Gasteiger partial charge in [0.15, 0.2) is 0 Å². The van der Waals surface area contributed by atoms with E-state index in [2.05, 4.69) is 5.32 Å². The number of amides is 1. The number of hydrogen-bond donors (Lipinski definition) is 1. The summed E-state index contributed by atoms with van der Waals surface area (Å²) in [6.07, 6.45) is 0.841. The molecule has 5 heteroatoms. The van der Waals surface area contributed by atoms with Crippen molar-refractivity contribution >= 4 is 17.7 Å². The number of benzene rings is 1. The molecule has 3 nitrogen and oxygen atoms in total. The van der Waals surface area contributed by atoms with Gasteiger partial charge in [-0.15, -0.1) is 11.8 Å². The van der Waals surface area contributed by atoms with Crippen LogP contribution in [0.3, 0.4) is 0 Å². The first-order valence-electron chi connectivity index (χ1n) is 6.66. The van der Waals surface area contributed by atoms with Crippen LogP contribution in [0.2, 0.25) is 0 Å². The molecule has 1 aromatic carbocycles. The maximum atomic E-state index is 13.0. The van der Waals surface area contributed by atoms with Gasteiger partial charge in [-0.25, -0.2) is 4.39 Å². The smallest absolute Gasteiger partial charge is 0.237 e. The molecule has 1 fully saturated rings. The lowest BCUT2D eigenvalue weighted by molar-refractivity contribution is -0.626. The van der Waals surface area contributed by atoms with Crippen LogP contribution in [0.25, 0.3) is 0 Å². The zero-order valence-electron chi connectivity index (χ0n) is 11.3. The Kier molecular flexibility index (Phi) is 4.82. The Morgan fingerprint density at radius 1 is 1.37 bits per heavy atom. The number of carbonyl (C=O) groups excluding carboxylic acids is 1. The van der Waals surface area contributed by atoms with Crippen LogP contribution in [0.1, 0.15) is 24.3 Å². The van der Waals surface area contributed by atoms with Crippen molar-refractivity contribution in [2.24, 2.45) is 0 Å². The Morgan fingerprint density at radius 3 is 2.63 bits per heavy atom. The summed E-state index contributed by atoms with van der Waals surface area (Å²) in [5, 5.41) is 2.13. The summed E-state index contributed by atoms with van der Waals surface area (Å²) >= 11 is 1.68. The Labute approximate surface area is 117 Å². The minimum Gasteiger partial charge on any atom is -0.347 e. The highest BCUT2D eigenvalue weighted by Crippen LogP contribution is 2.43. The van der Waals surface area contributed by atoms with Gasteiger partial charge < -0.3 is 10.2 Å². The quantitative estimate of drug-likeness (QED) is 0.886. The molecule has 2 N–H and O–H groups in total. The van der Waals surface area contributed by atoms with E-state index >= 15 is 0 Å². The predicted octanol–water partition coefficient (Wildman–Crippen LogP) is 1.37. The van der Waals surface area contributed by atoms with Crippen LogP contribution in [-0.2, 0) is 4.79 Å². The number of likely N-dealkylation sites (N-methyl/N-ethyl adjacent to an activating group) is 1. The second-order valence-corrected chi connectivity index (χ2v) is 5.95. The minimum absolute atomic E-state index is 0.0259. The van der Waals surface area contributed by atoms with E-state index in [1.54, 1.807) is 23.9 Å². The fourth-order valence-electron chi connectivity index (χ4n) is 2.24. The molecule has 1 aliphatic rings. The fraction of sp³-hybridized carbons (Fsp3) is 0.500. The number of hydrogen-bond acceptors (Lipinski definition) is 2. The van der Waals surface area contributed by atoms with Crippen LogP contribution in [-0.4, -0.2) is 36.2 Å². The Morgan fingerprint density at radius 2 is 2.05 bits per heavy atom. The molecule has 1 aromatic rings. The van der Waals surface area contributed by atoms with E-state index in [4.69, 9.17) is 0 Å². The Balaban J connectivity index is 2.20. The third-order valence-corrected chi connectivity index (χ3v) is 4.97. The van der Waals surface area contributed by atoms with E-state index in [-0.39, 0.29) is 22.3 Å². The van der Waals surface area contributed by atoms with Gasteiger partial charge in [-0.3, -0.25) is 4.79 Å². The SMILES string of the molecule is CC[C@@H]1S[C@H](c2ccc(F)cc2)N(CC[NH2+]C)C1=O. The maximum absolute atomic E-state index is 13.0. The number of thioether (sulfide) groups is 1. The minimum atomic E-state index is -0.237. The molecule has 0 bridgehead atoms. The van der Waals surface area contributed by atoms with Crippen molar-refractivity contribution in [3.05, 3.63) is 35.6 Å². The lowest BCUT2D eigenvalue weighted by atomic mass is 10.2. The van der Waals surface area contributed by atoms with Crippen LogP contribution < -0.4 is 5.32 Å². The van der Waals surface area contributed by atoms with E-state index in [0.717, 1.165) is 25.1 Å². The van der Waals surface area contributed by atoms with Gasteiger partial charge in [0, 0.05) is 0 Å². The second-order valence-electron chi connectivity index (χ2n) is 4.67. The van der Waals surface area contributed by atoms with Crippen LogP contribution in [0, 0.1) is 5.82 Å². The van der Waals surface area contributed by atoms with Crippen LogP contribution in [0.15, 0.2) is 24.3 Å². The first-order chi connectivity index (χ1) is 9.17. The summed E-state index contributed by atoms with van der Waals surface area (Å²) in [6.45, 7) is 3.66. The molecule has 0 aliphatic carbocycles. The number of quaternary nitrogens is 1. The molecular weight excluding hydrogens is 263 g/mol. The van der Waals surface area contributed by atoms with Gasteiger partial charge >= 0.3 is 0 Å². The number of nitrogens with two attached hydrogens (primary N) is 1. The van der Waals surface area contributed by atoms with Crippen molar-refractivity contribution in [2.75, 3.05) is 20.1 Å². The lowest BCUT2D eigenvalue weighted by Crippen LogP contribution is -2.81. The summed E-state index contributed by atoms with van der Waals surface area (Å²) in [5.74, 6) is -0.0257. The van der Waals surface area contributed by atoms with E-state index in [1.165, 1.54) is 12.1 Å². The molecule has 0 radical (unpaired) electrons. The zero-order valence-corrected chi connectivity index (χ0v) is 12.1. The molecule has 19 heavy (non-hydrogen) atoms. The number of nitrogens with zero attached hydrogens (tertiary/aromatic N) is 1. The highest BCUT2D eigenvalue weighted by atomic mass is 32.2. The summed E-state index contributed by atoms with van der Waals surface area (Å²) in [6, 6.07) is 6.48. The average Bonchev–Trinajstić information content (AvgIpc) is 2.74.